The molecule has 0 atom stereocenters. The van der Waals surface area contributed by atoms with Crippen LogP contribution in [0.15, 0.2) is 48.5 Å². The maximum atomic E-state index is 12.5. The van der Waals surface area contributed by atoms with Crippen molar-refractivity contribution in [2.45, 2.75) is 71.8 Å². The van der Waals surface area contributed by atoms with Crippen molar-refractivity contribution in [3.8, 4) is 0 Å². The van der Waals surface area contributed by atoms with Gasteiger partial charge in [0.2, 0.25) is 0 Å². The third-order valence-electron chi connectivity index (χ3n) is 5.74. The molecule has 3 rings (SSSR count). The van der Waals surface area contributed by atoms with Crippen molar-refractivity contribution < 1.29 is 4.79 Å². The highest BCUT2D eigenvalue weighted by Gasteiger charge is 2.12. The molecule has 1 amide bonds. The zero-order chi connectivity index (χ0) is 21.2. The second-order valence-corrected chi connectivity index (χ2v) is 8.11. The molecule has 4 nitrogen and oxygen atoms in total. The van der Waals surface area contributed by atoms with Crippen LogP contribution in [0.1, 0.15) is 73.6 Å². The molecule has 0 saturated heterocycles. The Balaban J connectivity index is 1.57. The summed E-state index contributed by atoms with van der Waals surface area (Å²) in [6, 6.07) is 16.1. The lowest BCUT2D eigenvalue weighted by Gasteiger charge is -2.11. The fourth-order valence-electron chi connectivity index (χ4n) is 4.00. The van der Waals surface area contributed by atoms with Gasteiger partial charge < -0.3 is 9.88 Å². The minimum absolute atomic E-state index is 0.0113. The Labute approximate surface area is 180 Å². The fraction of sp³-hybridized carbons (Fsp3) is 0.462. The number of aromatic nitrogens is 2. The van der Waals surface area contributed by atoms with E-state index in [4.69, 9.17) is 4.98 Å². The standard InChI is InChI=1S/C26H35N3O/c1-3-4-5-6-7-8-13-20-29-24-17-12-11-16-23(24)28-25(29)18-19-27-26(30)22-15-10-9-14-21(22)2/h9-12,14-17H,3-8,13,18-20H2,1-2H3,(H,27,30). The Morgan fingerprint density at radius 2 is 1.63 bits per heavy atom. The molecule has 160 valence electrons. The Morgan fingerprint density at radius 1 is 0.933 bits per heavy atom. The second kappa shape index (κ2) is 11.5. The molecular formula is C26H35N3O. The molecule has 0 unspecified atom stereocenters. The summed E-state index contributed by atoms with van der Waals surface area (Å²) in [6.45, 7) is 5.81. The van der Waals surface area contributed by atoms with Gasteiger partial charge in [0.05, 0.1) is 11.0 Å². The number of hydrogen-bond donors (Lipinski definition) is 1. The molecule has 0 saturated carbocycles. The summed E-state index contributed by atoms with van der Waals surface area (Å²) in [5.74, 6) is 1.05. The Kier molecular flexibility index (Phi) is 8.49. The van der Waals surface area contributed by atoms with Crippen LogP contribution in [0.25, 0.3) is 11.0 Å². The van der Waals surface area contributed by atoms with E-state index >= 15 is 0 Å². The van der Waals surface area contributed by atoms with Crippen molar-refractivity contribution in [3.05, 3.63) is 65.5 Å². The molecule has 0 fully saturated rings. The number of carbonyl (C=O) groups is 1. The van der Waals surface area contributed by atoms with Crippen LogP contribution in [0, 0.1) is 6.92 Å². The number of unbranched alkanes of at least 4 members (excludes halogenated alkanes) is 6. The van der Waals surface area contributed by atoms with E-state index in [1.165, 1.54) is 50.5 Å². The number of carbonyl (C=O) groups excluding carboxylic acids is 1. The van der Waals surface area contributed by atoms with Crippen molar-refractivity contribution >= 4 is 16.9 Å². The van der Waals surface area contributed by atoms with E-state index in [-0.39, 0.29) is 5.91 Å². The molecule has 0 bridgehead atoms. The smallest absolute Gasteiger partial charge is 0.251 e. The van der Waals surface area contributed by atoms with Gasteiger partial charge in [0.1, 0.15) is 5.82 Å². The lowest BCUT2D eigenvalue weighted by Crippen LogP contribution is -2.27. The second-order valence-electron chi connectivity index (χ2n) is 8.11. The Bertz CT molecular complexity index is 944. The zero-order valence-corrected chi connectivity index (χ0v) is 18.5. The number of imidazole rings is 1. The molecule has 0 aliphatic rings. The highest BCUT2D eigenvalue weighted by atomic mass is 16.1. The van der Waals surface area contributed by atoms with Crippen LogP contribution in [-0.4, -0.2) is 22.0 Å². The van der Waals surface area contributed by atoms with Gasteiger partial charge in [-0.1, -0.05) is 75.8 Å². The van der Waals surface area contributed by atoms with E-state index in [1.54, 1.807) is 0 Å². The zero-order valence-electron chi connectivity index (χ0n) is 18.5. The minimum atomic E-state index is -0.0113. The summed E-state index contributed by atoms with van der Waals surface area (Å²) < 4.78 is 2.35. The van der Waals surface area contributed by atoms with Crippen LogP contribution in [0.2, 0.25) is 0 Å². The number of nitrogens with one attached hydrogen (secondary N) is 1. The van der Waals surface area contributed by atoms with Gasteiger partial charge in [-0.25, -0.2) is 4.98 Å². The van der Waals surface area contributed by atoms with Gasteiger partial charge in [-0.15, -0.1) is 0 Å². The minimum Gasteiger partial charge on any atom is -0.352 e. The first-order chi connectivity index (χ1) is 14.7. The van der Waals surface area contributed by atoms with Gasteiger partial charge in [-0.05, 0) is 37.1 Å². The molecule has 1 heterocycles. The fourth-order valence-corrected chi connectivity index (χ4v) is 4.00. The number of nitrogens with zero attached hydrogens (tertiary/aromatic N) is 2. The van der Waals surface area contributed by atoms with Crippen molar-refractivity contribution in [1.82, 2.24) is 14.9 Å². The van der Waals surface area contributed by atoms with Gasteiger partial charge in [-0.2, -0.15) is 0 Å². The maximum Gasteiger partial charge on any atom is 0.251 e. The summed E-state index contributed by atoms with van der Waals surface area (Å²) in [6.07, 6.45) is 9.84. The first-order valence-corrected chi connectivity index (χ1v) is 11.5. The molecule has 0 spiro atoms. The van der Waals surface area contributed by atoms with Crippen LogP contribution in [0.4, 0.5) is 0 Å². The van der Waals surface area contributed by atoms with E-state index < -0.39 is 0 Å². The molecule has 30 heavy (non-hydrogen) atoms. The maximum absolute atomic E-state index is 12.5. The largest absolute Gasteiger partial charge is 0.352 e. The molecule has 2 aromatic carbocycles. The molecule has 1 N–H and O–H groups in total. The molecule has 0 aliphatic carbocycles. The third kappa shape index (κ3) is 5.94. The molecule has 4 heteroatoms. The van der Waals surface area contributed by atoms with E-state index in [9.17, 15) is 4.79 Å². The highest BCUT2D eigenvalue weighted by Crippen LogP contribution is 2.18. The normalized spacial score (nSPS) is 11.1. The van der Waals surface area contributed by atoms with Gasteiger partial charge >= 0.3 is 0 Å². The average Bonchev–Trinajstić information content (AvgIpc) is 3.11. The molecule has 0 aliphatic heterocycles. The number of amides is 1. The van der Waals surface area contributed by atoms with E-state index in [0.717, 1.165) is 35.4 Å². The number of benzene rings is 2. The monoisotopic (exact) mass is 405 g/mol. The summed E-state index contributed by atoms with van der Waals surface area (Å²) in [5.41, 5.74) is 3.99. The number of rotatable bonds is 12. The van der Waals surface area contributed by atoms with Crippen molar-refractivity contribution in [2.75, 3.05) is 6.54 Å². The lowest BCUT2D eigenvalue weighted by atomic mass is 10.1. The quantitative estimate of drug-likeness (QED) is 0.372. The van der Waals surface area contributed by atoms with Gasteiger partial charge in [0.15, 0.2) is 0 Å². The molecule has 1 aromatic heterocycles. The number of hydrogen-bond acceptors (Lipinski definition) is 2. The molecular weight excluding hydrogens is 370 g/mol. The summed E-state index contributed by atoms with van der Waals surface area (Å²) >= 11 is 0. The van der Waals surface area contributed by atoms with Crippen LogP contribution in [-0.2, 0) is 13.0 Å². The summed E-state index contributed by atoms with van der Waals surface area (Å²) in [4.78, 5) is 17.3. The number of para-hydroxylation sites is 2. The van der Waals surface area contributed by atoms with Crippen molar-refractivity contribution in [2.24, 2.45) is 0 Å². The molecule has 0 radical (unpaired) electrons. The number of aryl methyl sites for hydroxylation is 2. The first-order valence-electron chi connectivity index (χ1n) is 11.5. The average molecular weight is 406 g/mol. The SMILES string of the molecule is CCCCCCCCCn1c(CCNC(=O)c2ccccc2C)nc2ccccc21. The van der Waals surface area contributed by atoms with Gasteiger partial charge in [0, 0.05) is 25.1 Å². The van der Waals surface area contributed by atoms with E-state index in [1.807, 2.05) is 37.3 Å². The Morgan fingerprint density at radius 3 is 2.43 bits per heavy atom. The lowest BCUT2D eigenvalue weighted by molar-refractivity contribution is 0.0953. The highest BCUT2D eigenvalue weighted by molar-refractivity contribution is 5.95. The molecule has 3 aromatic rings. The van der Waals surface area contributed by atoms with Crippen molar-refractivity contribution in [3.63, 3.8) is 0 Å². The predicted molar refractivity (Wildman–Crippen MR) is 125 cm³/mol. The van der Waals surface area contributed by atoms with Crippen molar-refractivity contribution in [1.29, 1.82) is 0 Å². The van der Waals surface area contributed by atoms with Crippen LogP contribution in [0.5, 0.6) is 0 Å². The summed E-state index contributed by atoms with van der Waals surface area (Å²) in [5, 5.41) is 3.06. The topological polar surface area (TPSA) is 46.9 Å². The van der Waals surface area contributed by atoms with E-state index in [2.05, 4.69) is 35.0 Å². The van der Waals surface area contributed by atoms with Crippen LogP contribution >= 0.6 is 0 Å². The van der Waals surface area contributed by atoms with Crippen LogP contribution in [0.3, 0.4) is 0 Å². The van der Waals surface area contributed by atoms with Gasteiger partial charge in [0.25, 0.3) is 5.91 Å². The van der Waals surface area contributed by atoms with Gasteiger partial charge in [-0.3, -0.25) is 4.79 Å². The first kappa shape index (κ1) is 22.1. The van der Waals surface area contributed by atoms with E-state index in [0.29, 0.717) is 6.54 Å². The summed E-state index contributed by atoms with van der Waals surface area (Å²) in [7, 11) is 0. The Hall–Kier alpha value is -2.62. The number of fused-ring (bicyclic) bond motifs is 1. The van der Waals surface area contributed by atoms with Crippen LogP contribution < -0.4 is 5.32 Å². The predicted octanol–water partition coefficient (Wildman–Crippen LogP) is 6.07. The third-order valence-corrected chi connectivity index (χ3v) is 5.74.